The Morgan fingerprint density at radius 1 is 1.29 bits per heavy atom. The number of hydrogen-bond donors (Lipinski definition) is 2. The third-order valence-electron chi connectivity index (χ3n) is 3.21. The molecule has 1 aromatic rings. The van der Waals surface area contributed by atoms with E-state index in [4.69, 9.17) is 24.3 Å². The highest BCUT2D eigenvalue weighted by molar-refractivity contribution is 6.27. The first-order chi connectivity index (χ1) is 9.93. The van der Waals surface area contributed by atoms with Crippen LogP contribution in [0, 0.1) is 0 Å². The highest BCUT2D eigenvalue weighted by atomic mass is 16.5. The molecule has 1 aliphatic heterocycles. The fourth-order valence-corrected chi connectivity index (χ4v) is 2.01. The Morgan fingerprint density at radius 2 is 1.86 bits per heavy atom. The van der Waals surface area contributed by atoms with Gasteiger partial charge < -0.3 is 19.6 Å². The Morgan fingerprint density at radius 3 is 2.33 bits per heavy atom. The van der Waals surface area contributed by atoms with E-state index in [2.05, 4.69) is 29.0 Å². The van der Waals surface area contributed by atoms with Crippen LogP contribution in [0.4, 0.5) is 0 Å². The van der Waals surface area contributed by atoms with Crippen molar-refractivity contribution in [3.63, 3.8) is 0 Å². The molecule has 8 heteroatoms. The fourth-order valence-electron chi connectivity index (χ4n) is 2.01. The van der Waals surface area contributed by atoms with E-state index in [-0.39, 0.29) is 0 Å². The molecule has 1 saturated heterocycles. The zero-order chi connectivity index (χ0) is 15.8. The molecule has 0 aliphatic carbocycles. The predicted octanol–water partition coefficient (Wildman–Crippen LogP) is 0.987. The summed E-state index contributed by atoms with van der Waals surface area (Å²) in [5.41, 5.74) is 0. The van der Waals surface area contributed by atoms with Crippen molar-refractivity contribution in [1.82, 2.24) is 15.0 Å². The maximum absolute atomic E-state index is 9.10. The van der Waals surface area contributed by atoms with Gasteiger partial charge in [-0.1, -0.05) is 12.1 Å². The highest BCUT2D eigenvalue weighted by Crippen LogP contribution is 2.25. The maximum atomic E-state index is 9.10. The minimum absolute atomic E-state index is 0.485. The number of carboxylic acid groups (broad SMARTS) is 2. The van der Waals surface area contributed by atoms with Crippen molar-refractivity contribution in [2.24, 2.45) is 0 Å². The molecule has 0 saturated carbocycles. The molecule has 0 unspecified atom stereocenters. The molecule has 1 fully saturated rings. The summed E-state index contributed by atoms with van der Waals surface area (Å²) in [5.74, 6) is -1.44. The van der Waals surface area contributed by atoms with Gasteiger partial charge in [0.2, 0.25) is 5.89 Å². The lowest BCUT2D eigenvalue weighted by Crippen LogP contribution is -2.29. The van der Waals surface area contributed by atoms with E-state index in [9.17, 15) is 0 Å². The van der Waals surface area contributed by atoms with E-state index in [1.807, 2.05) is 0 Å². The van der Waals surface area contributed by atoms with Crippen LogP contribution in [-0.4, -0.2) is 57.3 Å². The Bertz CT molecular complexity index is 454. The van der Waals surface area contributed by atoms with Crippen molar-refractivity contribution < 1.29 is 24.3 Å². The van der Waals surface area contributed by atoms with Crippen molar-refractivity contribution in [3.8, 4) is 0 Å². The largest absolute Gasteiger partial charge is 0.473 e. The number of aliphatic carboxylic acids is 2. The summed E-state index contributed by atoms with van der Waals surface area (Å²) in [6.45, 7) is 4.40. The Labute approximate surface area is 122 Å². The van der Waals surface area contributed by atoms with Gasteiger partial charge in [0.15, 0.2) is 5.82 Å². The zero-order valence-electron chi connectivity index (χ0n) is 12.3. The molecule has 0 aromatic carbocycles. The second kappa shape index (κ2) is 8.35. The normalized spacial score (nSPS) is 16.1. The molecular weight excluding hydrogens is 278 g/mol. The molecule has 0 radical (unpaired) electrons. The number of nitrogens with zero attached hydrogens (tertiary/aromatic N) is 3. The molecule has 0 bridgehead atoms. The van der Waals surface area contributed by atoms with Crippen molar-refractivity contribution in [3.05, 3.63) is 11.7 Å². The number of piperidine rings is 1. The lowest BCUT2D eigenvalue weighted by molar-refractivity contribution is -0.159. The quantitative estimate of drug-likeness (QED) is 0.793. The summed E-state index contributed by atoms with van der Waals surface area (Å²) in [7, 11) is 2.16. The molecule has 0 amide bonds. The van der Waals surface area contributed by atoms with Gasteiger partial charge in [-0.15, -0.1) is 0 Å². The standard InChI is InChI=1S/C11H19N3O.C2H2O4/c1-3-4-10-12-11(15-13-10)9-5-7-14(2)8-6-9;3-1(4)2(5)6/h9H,3-8H2,1-2H3;(H,3,4)(H,5,6). The van der Waals surface area contributed by atoms with Gasteiger partial charge in [-0.3, -0.25) is 0 Å². The second-order valence-electron chi connectivity index (χ2n) is 4.99. The average molecular weight is 299 g/mol. The number of likely N-dealkylation sites (tertiary alicyclic amines) is 1. The molecule has 0 spiro atoms. The van der Waals surface area contributed by atoms with E-state index >= 15 is 0 Å². The summed E-state index contributed by atoms with van der Waals surface area (Å²) < 4.78 is 5.31. The molecule has 8 nitrogen and oxygen atoms in total. The van der Waals surface area contributed by atoms with Crippen LogP contribution in [0.15, 0.2) is 4.52 Å². The molecule has 1 aromatic heterocycles. The van der Waals surface area contributed by atoms with E-state index in [0.717, 1.165) is 50.5 Å². The number of hydrogen-bond acceptors (Lipinski definition) is 6. The van der Waals surface area contributed by atoms with Gasteiger partial charge >= 0.3 is 11.9 Å². The molecule has 21 heavy (non-hydrogen) atoms. The molecular formula is C13H21N3O5. The van der Waals surface area contributed by atoms with Crippen molar-refractivity contribution in [1.29, 1.82) is 0 Å². The molecule has 1 aliphatic rings. The second-order valence-corrected chi connectivity index (χ2v) is 4.99. The first kappa shape index (κ1) is 17.1. The van der Waals surface area contributed by atoms with Crippen LogP contribution in [0.3, 0.4) is 0 Å². The number of carbonyl (C=O) groups is 2. The zero-order valence-corrected chi connectivity index (χ0v) is 12.3. The number of aryl methyl sites for hydroxylation is 1. The van der Waals surface area contributed by atoms with Gasteiger partial charge in [0.05, 0.1) is 0 Å². The van der Waals surface area contributed by atoms with Crippen LogP contribution in [-0.2, 0) is 16.0 Å². The molecule has 2 heterocycles. The summed E-state index contributed by atoms with van der Waals surface area (Å²) in [4.78, 5) is 25.0. The Balaban J connectivity index is 0.000000315. The summed E-state index contributed by atoms with van der Waals surface area (Å²) in [5, 5.41) is 18.8. The first-order valence-electron chi connectivity index (χ1n) is 6.91. The minimum atomic E-state index is -1.82. The highest BCUT2D eigenvalue weighted by Gasteiger charge is 2.23. The molecule has 0 atom stereocenters. The third kappa shape index (κ3) is 5.90. The lowest BCUT2D eigenvalue weighted by Gasteiger charge is -2.26. The summed E-state index contributed by atoms with van der Waals surface area (Å²) in [6, 6.07) is 0. The molecule has 2 rings (SSSR count). The van der Waals surface area contributed by atoms with Crippen LogP contribution >= 0.6 is 0 Å². The summed E-state index contributed by atoms with van der Waals surface area (Å²) in [6.07, 6.45) is 4.29. The van der Waals surface area contributed by atoms with Crippen LogP contribution < -0.4 is 0 Å². The van der Waals surface area contributed by atoms with Gasteiger partial charge in [0.1, 0.15) is 0 Å². The van der Waals surface area contributed by atoms with Gasteiger partial charge in [0, 0.05) is 12.3 Å². The first-order valence-corrected chi connectivity index (χ1v) is 6.91. The van der Waals surface area contributed by atoms with Crippen LogP contribution in [0.2, 0.25) is 0 Å². The number of carboxylic acids is 2. The van der Waals surface area contributed by atoms with Gasteiger partial charge in [-0.05, 0) is 39.4 Å². The molecule has 2 N–H and O–H groups in total. The maximum Gasteiger partial charge on any atom is 0.414 e. The molecule has 118 valence electrons. The third-order valence-corrected chi connectivity index (χ3v) is 3.21. The summed E-state index contributed by atoms with van der Waals surface area (Å²) >= 11 is 0. The van der Waals surface area contributed by atoms with Gasteiger partial charge in [-0.2, -0.15) is 4.98 Å². The fraction of sp³-hybridized carbons (Fsp3) is 0.692. The lowest BCUT2D eigenvalue weighted by atomic mass is 9.97. The minimum Gasteiger partial charge on any atom is -0.473 e. The van der Waals surface area contributed by atoms with E-state index in [1.54, 1.807) is 0 Å². The van der Waals surface area contributed by atoms with E-state index in [0.29, 0.717) is 5.92 Å². The van der Waals surface area contributed by atoms with Crippen molar-refractivity contribution >= 4 is 11.9 Å². The van der Waals surface area contributed by atoms with E-state index in [1.165, 1.54) is 0 Å². The van der Waals surface area contributed by atoms with Crippen LogP contribution in [0.25, 0.3) is 0 Å². The van der Waals surface area contributed by atoms with Gasteiger partial charge in [0.25, 0.3) is 0 Å². The van der Waals surface area contributed by atoms with E-state index < -0.39 is 11.9 Å². The van der Waals surface area contributed by atoms with Crippen molar-refractivity contribution in [2.75, 3.05) is 20.1 Å². The number of aromatic nitrogens is 2. The van der Waals surface area contributed by atoms with Crippen molar-refractivity contribution in [2.45, 2.75) is 38.5 Å². The average Bonchev–Trinajstić information content (AvgIpc) is 2.89. The topological polar surface area (TPSA) is 117 Å². The predicted molar refractivity (Wildman–Crippen MR) is 73.0 cm³/mol. The smallest absolute Gasteiger partial charge is 0.414 e. The number of rotatable bonds is 3. The Kier molecular flexibility index (Phi) is 6.80. The Hall–Kier alpha value is -1.96. The van der Waals surface area contributed by atoms with Crippen LogP contribution in [0.5, 0.6) is 0 Å². The monoisotopic (exact) mass is 299 g/mol. The van der Waals surface area contributed by atoms with Crippen LogP contribution in [0.1, 0.15) is 43.8 Å². The SMILES string of the molecule is CCCc1noc(C2CCN(C)CC2)n1.O=C(O)C(=O)O. The van der Waals surface area contributed by atoms with Gasteiger partial charge in [-0.25, -0.2) is 9.59 Å².